The summed E-state index contributed by atoms with van der Waals surface area (Å²) in [6, 6.07) is 0. The molecule has 0 unspecified atom stereocenters. The molecule has 0 spiro atoms. The van der Waals surface area contributed by atoms with Gasteiger partial charge in [0.25, 0.3) is 0 Å². The molecule has 0 atom stereocenters. The van der Waals surface area contributed by atoms with E-state index in [0.29, 0.717) is 18.8 Å². The molecule has 0 bridgehead atoms. The van der Waals surface area contributed by atoms with Crippen LogP contribution in [-0.4, -0.2) is 22.2 Å². The number of anilines is 1. The molecule has 0 saturated heterocycles. The minimum Gasteiger partial charge on any atom is -0.396 e. The standard InChI is InChI=1S/C9H14N4O/c10-8-5-12-13(6-8)4-3-11-9(14)7-1-2-7/h5-7H,1-4,10H2,(H,11,14). The smallest absolute Gasteiger partial charge is 0.223 e. The molecule has 5 nitrogen and oxygen atoms in total. The first-order chi connectivity index (χ1) is 6.75. The normalized spacial score (nSPS) is 15.4. The second-order valence-electron chi connectivity index (χ2n) is 3.60. The number of carbonyl (C=O) groups excluding carboxylic acids is 1. The van der Waals surface area contributed by atoms with Crippen molar-refractivity contribution in [1.29, 1.82) is 0 Å². The number of rotatable bonds is 4. The first-order valence-corrected chi connectivity index (χ1v) is 4.81. The summed E-state index contributed by atoms with van der Waals surface area (Å²) >= 11 is 0. The van der Waals surface area contributed by atoms with Gasteiger partial charge in [0.2, 0.25) is 5.91 Å². The second-order valence-corrected chi connectivity index (χ2v) is 3.60. The number of hydrogen-bond donors (Lipinski definition) is 2. The number of nitrogens with two attached hydrogens (primary N) is 1. The Balaban J connectivity index is 1.69. The van der Waals surface area contributed by atoms with Gasteiger partial charge in [0, 0.05) is 18.7 Å². The monoisotopic (exact) mass is 194 g/mol. The van der Waals surface area contributed by atoms with Crippen molar-refractivity contribution in [1.82, 2.24) is 15.1 Å². The van der Waals surface area contributed by atoms with Crippen molar-refractivity contribution in [3.8, 4) is 0 Å². The van der Waals surface area contributed by atoms with E-state index >= 15 is 0 Å². The predicted octanol–water partition coefficient (Wildman–Crippen LogP) is -0.00850. The van der Waals surface area contributed by atoms with Crippen LogP contribution in [0, 0.1) is 5.92 Å². The summed E-state index contributed by atoms with van der Waals surface area (Å²) < 4.78 is 1.72. The van der Waals surface area contributed by atoms with E-state index in [-0.39, 0.29) is 11.8 Å². The van der Waals surface area contributed by atoms with Crippen LogP contribution in [0.3, 0.4) is 0 Å². The van der Waals surface area contributed by atoms with E-state index in [1.165, 1.54) is 0 Å². The molecule has 1 aliphatic carbocycles. The lowest BCUT2D eigenvalue weighted by Gasteiger charge is -2.03. The van der Waals surface area contributed by atoms with Crippen molar-refractivity contribution >= 4 is 11.6 Å². The van der Waals surface area contributed by atoms with E-state index in [9.17, 15) is 4.79 Å². The molecule has 1 aliphatic rings. The van der Waals surface area contributed by atoms with Crippen LogP contribution >= 0.6 is 0 Å². The van der Waals surface area contributed by atoms with Crippen LogP contribution in [-0.2, 0) is 11.3 Å². The van der Waals surface area contributed by atoms with Crippen LogP contribution in [0.2, 0.25) is 0 Å². The van der Waals surface area contributed by atoms with Gasteiger partial charge in [-0.1, -0.05) is 0 Å². The maximum Gasteiger partial charge on any atom is 0.223 e. The summed E-state index contributed by atoms with van der Waals surface area (Å²) in [5.74, 6) is 0.447. The van der Waals surface area contributed by atoms with Gasteiger partial charge in [-0.25, -0.2) is 0 Å². The number of nitrogen functional groups attached to an aromatic ring is 1. The maximum atomic E-state index is 11.2. The molecule has 0 aromatic carbocycles. The van der Waals surface area contributed by atoms with Gasteiger partial charge < -0.3 is 11.1 Å². The van der Waals surface area contributed by atoms with E-state index in [0.717, 1.165) is 12.8 Å². The first kappa shape index (κ1) is 9.05. The minimum atomic E-state index is 0.171. The van der Waals surface area contributed by atoms with Gasteiger partial charge in [0.1, 0.15) is 0 Å². The summed E-state index contributed by atoms with van der Waals surface area (Å²) in [7, 11) is 0. The van der Waals surface area contributed by atoms with E-state index in [1.54, 1.807) is 17.1 Å². The average molecular weight is 194 g/mol. The zero-order valence-electron chi connectivity index (χ0n) is 7.94. The Kier molecular flexibility index (Phi) is 2.39. The summed E-state index contributed by atoms with van der Waals surface area (Å²) in [4.78, 5) is 11.2. The van der Waals surface area contributed by atoms with Crippen LogP contribution in [0.4, 0.5) is 5.69 Å². The third kappa shape index (κ3) is 2.25. The fraction of sp³-hybridized carbons (Fsp3) is 0.556. The van der Waals surface area contributed by atoms with Crippen molar-refractivity contribution in [2.45, 2.75) is 19.4 Å². The van der Waals surface area contributed by atoms with Crippen LogP contribution in [0.5, 0.6) is 0 Å². The molecule has 1 amide bonds. The lowest BCUT2D eigenvalue weighted by atomic mass is 10.4. The van der Waals surface area contributed by atoms with E-state index in [2.05, 4.69) is 10.4 Å². The lowest BCUT2D eigenvalue weighted by Crippen LogP contribution is -2.28. The van der Waals surface area contributed by atoms with Crippen molar-refractivity contribution < 1.29 is 4.79 Å². The molecule has 2 rings (SSSR count). The van der Waals surface area contributed by atoms with Gasteiger partial charge in [-0.15, -0.1) is 0 Å². The molecule has 5 heteroatoms. The number of hydrogen-bond acceptors (Lipinski definition) is 3. The zero-order chi connectivity index (χ0) is 9.97. The lowest BCUT2D eigenvalue weighted by molar-refractivity contribution is -0.122. The minimum absolute atomic E-state index is 0.171. The topological polar surface area (TPSA) is 72.9 Å². The van der Waals surface area contributed by atoms with Gasteiger partial charge in [-0.3, -0.25) is 9.48 Å². The fourth-order valence-corrected chi connectivity index (χ4v) is 1.29. The van der Waals surface area contributed by atoms with Gasteiger partial charge in [-0.2, -0.15) is 5.10 Å². The molecule has 1 fully saturated rings. The molecular formula is C9H14N4O. The molecule has 1 saturated carbocycles. The van der Waals surface area contributed by atoms with Crippen molar-refractivity contribution in [2.24, 2.45) is 5.92 Å². The summed E-state index contributed by atoms with van der Waals surface area (Å²) in [6.07, 6.45) is 5.44. The number of aromatic nitrogens is 2. The Labute approximate surface area is 82.3 Å². The highest BCUT2D eigenvalue weighted by Gasteiger charge is 2.28. The Morgan fingerprint density at radius 2 is 2.50 bits per heavy atom. The highest BCUT2D eigenvalue weighted by Crippen LogP contribution is 2.28. The molecule has 0 radical (unpaired) electrons. The Hall–Kier alpha value is -1.52. The second kappa shape index (κ2) is 3.69. The summed E-state index contributed by atoms with van der Waals surface area (Å²) in [5, 5.41) is 6.88. The third-order valence-corrected chi connectivity index (χ3v) is 2.24. The molecule has 0 aliphatic heterocycles. The van der Waals surface area contributed by atoms with Gasteiger partial charge in [0.05, 0.1) is 18.4 Å². The Bertz CT molecular complexity index is 329. The molecule has 76 valence electrons. The highest BCUT2D eigenvalue weighted by atomic mass is 16.2. The van der Waals surface area contributed by atoms with Crippen LogP contribution in [0.25, 0.3) is 0 Å². The quantitative estimate of drug-likeness (QED) is 0.708. The number of nitrogens with one attached hydrogen (secondary N) is 1. The average Bonchev–Trinajstić information content (AvgIpc) is 2.92. The van der Waals surface area contributed by atoms with Gasteiger partial charge >= 0.3 is 0 Å². The van der Waals surface area contributed by atoms with Crippen molar-refractivity contribution in [2.75, 3.05) is 12.3 Å². The van der Waals surface area contributed by atoms with Gasteiger partial charge in [0.15, 0.2) is 0 Å². The Morgan fingerprint density at radius 1 is 1.71 bits per heavy atom. The molecular weight excluding hydrogens is 180 g/mol. The predicted molar refractivity (Wildman–Crippen MR) is 52.4 cm³/mol. The van der Waals surface area contributed by atoms with Crippen LogP contribution in [0.1, 0.15) is 12.8 Å². The van der Waals surface area contributed by atoms with Crippen LogP contribution in [0.15, 0.2) is 12.4 Å². The molecule has 1 aromatic rings. The third-order valence-electron chi connectivity index (χ3n) is 2.24. The Morgan fingerprint density at radius 3 is 3.07 bits per heavy atom. The van der Waals surface area contributed by atoms with E-state index in [1.807, 2.05) is 0 Å². The van der Waals surface area contributed by atoms with Crippen molar-refractivity contribution in [3.63, 3.8) is 0 Å². The molecule has 1 heterocycles. The molecule has 1 aromatic heterocycles. The van der Waals surface area contributed by atoms with Crippen molar-refractivity contribution in [3.05, 3.63) is 12.4 Å². The largest absolute Gasteiger partial charge is 0.396 e. The number of carbonyl (C=O) groups is 1. The highest BCUT2D eigenvalue weighted by molar-refractivity contribution is 5.80. The maximum absolute atomic E-state index is 11.2. The number of amides is 1. The summed E-state index contributed by atoms with van der Waals surface area (Å²) in [5.41, 5.74) is 6.15. The van der Waals surface area contributed by atoms with E-state index < -0.39 is 0 Å². The molecule has 3 N–H and O–H groups in total. The van der Waals surface area contributed by atoms with E-state index in [4.69, 9.17) is 5.73 Å². The first-order valence-electron chi connectivity index (χ1n) is 4.81. The zero-order valence-corrected chi connectivity index (χ0v) is 7.94. The SMILES string of the molecule is Nc1cnn(CCNC(=O)C2CC2)c1. The van der Waals surface area contributed by atoms with Crippen LogP contribution < -0.4 is 11.1 Å². The number of nitrogens with zero attached hydrogens (tertiary/aromatic N) is 2. The fourth-order valence-electron chi connectivity index (χ4n) is 1.29. The summed E-state index contributed by atoms with van der Waals surface area (Å²) in [6.45, 7) is 1.30. The molecule has 14 heavy (non-hydrogen) atoms. The van der Waals surface area contributed by atoms with Gasteiger partial charge in [-0.05, 0) is 12.8 Å².